The van der Waals surface area contributed by atoms with Gasteiger partial charge in [0.2, 0.25) is 5.89 Å². The Morgan fingerprint density at radius 2 is 1.76 bits per heavy atom. The van der Waals surface area contributed by atoms with Crippen molar-refractivity contribution in [3.63, 3.8) is 0 Å². The van der Waals surface area contributed by atoms with Gasteiger partial charge in [-0.05, 0) is 57.5 Å². The molecule has 2 heterocycles. The highest BCUT2D eigenvalue weighted by Crippen LogP contribution is 2.21. The summed E-state index contributed by atoms with van der Waals surface area (Å²) in [6, 6.07) is 11.4. The lowest BCUT2D eigenvalue weighted by Gasteiger charge is -2.34. The number of urea groups is 1. The summed E-state index contributed by atoms with van der Waals surface area (Å²) in [5.41, 5.74) is 5.08. The molecule has 8 heteroatoms. The lowest BCUT2D eigenvalue weighted by atomic mass is 10.1. The van der Waals surface area contributed by atoms with Crippen LogP contribution in [0.25, 0.3) is 11.1 Å². The van der Waals surface area contributed by atoms with Crippen LogP contribution in [0.2, 0.25) is 0 Å². The van der Waals surface area contributed by atoms with Crippen molar-refractivity contribution in [3.05, 3.63) is 59.0 Å². The van der Waals surface area contributed by atoms with Crippen LogP contribution in [0.1, 0.15) is 41.2 Å². The second-order valence-electron chi connectivity index (χ2n) is 8.78. The number of nitrogens with one attached hydrogen (secondary N) is 1. The molecular weight excluding hydrogens is 430 g/mol. The normalized spacial score (nSPS) is 14.4. The van der Waals surface area contributed by atoms with E-state index >= 15 is 0 Å². The summed E-state index contributed by atoms with van der Waals surface area (Å²) in [6.07, 6.45) is 0. The summed E-state index contributed by atoms with van der Waals surface area (Å²) >= 11 is 0. The van der Waals surface area contributed by atoms with Crippen molar-refractivity contribution < 1.29 is 14.0 Å². The Kier molecular flexibility index (Phi) is 7.17. The first kappa shape index (κ1) is 23.8. The Balaban J connectivity index is 1.34. The molecule has 0 aliphatic carbocycles. The fourth-order valence-electron chi connectivity index (χ4n) is 4.32. The number of carbonyl (C=O) groups is 2. The topological polar surface area (TPSA) is 81.9 Å². The van der Waals surface area contributed by atoms with Crippen molar-refractivity contribution in [1.82, 2.24) is 19.7 Å². The maximum Gasteiger partial charge on any atom is 0.321 e. The Bertz CT molecular complexity index is 1180. The summed E-state index contributed by atoms with van der Waals surface area (Å²) in [5.74, 6) is 0.627. The maximum atomic E-state index is 12.7. The highest BCUT2D eigenvalue weighted by Gasteiger charge is 2.23. The van der Waals surface area contributed by atoms with E-state index < -0.39 is 0 Å². The number of aromatic nitrogens is 1. The average molecular weight is 464 g/mol. The van der Waals surface area contributed by atoms with Crippen molar-refractivity contribution >= 4 is 28.7 Å². The molecule has 0 radical (unpaired) electrons. The molecule has 1 aliphatic heterocycles. The second-order valence-corrected chi connectivity index (χ2v) is 8.78. The van der Waals surface area contributed by atoms with Crippen molar-refractivity contribution in [2.24, 2.45) is 0 Å². The highest BCUT2D eigenvalue weighted by atomic mass is 16.3. The lowest BCUT2D eigenvalue weighted by Crippen LogP contribution is -2.49. The molecule has 3 aromatic rings. The molecule has 1 N–H and O–H groups in total. The zero-order chi connectivity index (χ0) is 24.2. The number of benzene rings is 2. The van der Waals surface area contributed by atoms with Gasteiger partial charge in [0, 0.05) is 50.5 Å². The van der Waals surface area contributed by atoms with E-state index in [2.05, 4.69) is 21.3 Å². The highest BCUT2D eigenvalue weighted by molar-refractivity contribution is 5.97. The third kappa shape index (κ3) is 5.22. The standard InChI is InChI=1S/C26H33N5O3/c1-5-30(6-2)25(32)20-8-10-23-22(16-20)27-24(34-23)17-29-11-13-31(14-12-29)26(33)28-21-9-7-18(3)15-19(21)4/h7-10,15-16H,5-6,11-14,17H2,1-4H3,(H,28,33). The molecule has 0 atom stereocenters. The molecule has 0 spiro atoms. The minimum absolute atomic E-state index is 0.00618. The van der Waals surface area contributed by atoms with Crippen LogP contribution < -0.4 is 5.32 Å². The van der Waals surface area contributed by atoms with Crippen LogP contribution in [0, 0.1) is 13.8 Å². The van der Waals surface area contributed by atoms with Crippen LogP contribution in [0.3, 0.4) is 0 Å². The number of hydrogen-bond donors (Lipinski definition) is 1. The molecule has 4 rings (SSSR count). The van der Waals surface area contributed by atoms with Gasteiger partial charge in [0.05, 0.1) is 6.54 Å². The number of anilines is 1. The van der Waals surface area contributed by atoms with Crippen molar-refractivity contribution in [1.29, 1.82) is 0 Å². The number of amides is 3. The van der Waals surface area contributed by atoms with Crippen LogP contribution in [-0.2, 0) is 6.54 Å². The fourth-order valence-corrected chi connectivity index (χ4v) is 4.32. The number of fused-ring (bicyclic) bond motifs is 1. The molecule has 1 aromatic heterocycles. The van der Waals surface area contributed by atoms with E-state index in [1.807, 2.05) is 50.8 Å². The summed E-state index contributed by atoms with van der Waals surface area (Å²) < 4.78 is 5.92. The Hall–Kier alpha value is -3.39. The predicted molar refractivity (Wildman–Crippen MR) is 133 cm³/mol. The number of oxazole rings is 1. The van der Waals surface area contributed by atoms with Gasteiger partial charge < -0.3 is 19.5 Å². The van der Waals surface area contributed by atoms with Crippen LogP contribution in [0.4, 0.5) is 10.5 Å². The van der Waals surface area contributed by atoms with E-state index in [9.17, 15) is 9.59 Å². The number of hydrogen-bond acceptors (Lipinski definition) is 5. The third-order valence-electron chi connectivity index (χ3n) is 6.37. The van der Waals surface area contributed by atoms with Crippen LogP contribution in [0.5, 0.6) is 0 Å². The number of nitrogens with zero attached hydrogens (tertiary/aromatic N) is 4. The molecule has 8 nitrogen and oxygen atoms in total. The van der Waals surface area contributed by atoms with Gasteiger partial charge in [0.1, 0.15) is 5.52 Å². The summed E-state index contributed by atoms with van der Waals surface area (Å²) in [6.45, 7) is 12.7. The molecule has 0 unspecified atom stereocenters. The van der Waals surface area contributed by atoms with E-state index in [1.165, 1.54) is 5.56 Å². The van der Waals surface area contributed by atoms with E-state index in [0.717, 1.165) is 24.3 Å². The van der Waals surface area contributed by atoms with Gasteiger partial charge in [-0.2, -0.15) is 0 Å². The molecular formula is C26H33N5O3. The smallest absolute Gasteiger partial charge is 0.321 e. The van der Waals surface area contributed by atoms with Gasteiger partial charge in [-0.25, -0.2) is 9.78 Å². The minimum Gasteiger partial charge on any atom is -0.439 e. The Morgan fingerprint density at radius 3 is 2.44 bits per heavy atom. The molecule has 3 amide bonds. The number of carbonyl (C=O) groups excluding carboxylic acids is 2. The molecule has 180 valence electrons. The van der Waals surface area contributed by atoms with Crippen molar-refractivity contribution in [2.45, 2.75) is 34.2 Å². The number of aryl methyl sites for hydroxylation is 2. The average Bonchev–Trinajstić information content (AvgIpc) is 3.23. The quantitative estimate of drug-likeness (QED) is 0.590. The van der Waals surface area contributed by atoms with E-state index in [1.54, 1.807) is 17.0 Å². The van der Waals surface area contributed by atoms with Gasteiger partial charge in [-0.1, -0.05) is 17.7 Å². The predicted octanol–water partition coefficient (Wildman–Crippen LogP) is 4.28. The molecule has 1 fully saturated rings. The molecule has 0 saturated carbocycles. The summed E-state index contributed by atoms with van der Waals surface area (Å²) in [5, 5.41) is 3.03. The van der Waals surface area contributed by atoms with E-state index in [-0.39, 0.29) is 11.9 Å². The van der Waals surface area contributed by atoms with Gasteiger partial charge in [0.15, 0.2) is 5.58 Å². The Labute approximate surface area is 200 Å². The molecule has 1 aliphatic rings. The van der Waals surface area contributed by atoms with Crippen LogP contribution in [-0.4, -0.2) is 70.9 Å². The first-order chi connectivity index (χ1) is 16.4. The van der Waals surface area contributed by atoms with Gasteiger partial charge in [-0.3, -0.25) is 9.69 Å². The van der Waals surface area contributed by atoms with Crippen molar-refractivity contribution in [2.75, 3.05) is 44.6 Å². The summed E-state index contributed by atoms with van der Waals surface area (Å²) in [4.78, 5) is 35.8. The third-order valence-corrected chi connectivity index (χ3v) is 6.37. The molecule has 2 aromatic carbocycles. The monoisotopic (exact) mass is 463 g/mol. The molecule has 34 heavy (non-hydrogen) atoms. The zero-order valence-corrected chi connectivity index (χ0v) is 20.4. The number of rotatable bonds is 6. The van der Waals surface area contributed by atoms with Crippen LogP contribution in [0.15, 0.2) is 40.8 Å². The second kappa shape index (κ2) is 10.3. The van der Waals surface area contributed by atoms with Crippen molar-refractivity contribution in [3.8, 4) is 0 Å². The fraction of sp³-hybridized carbons (Fsp3) is 0.423. The first-order valence-corrected chi connectivity index (χ1v) is 11.9. The van der Waals surface area contributed by atoms with Crippen LogP contribution >= 0.6 is 0 Å². The SMILES string of the molecule is CCN(CC)C(=O)c1ccc2oc(CN3CCN(C(=O)Nc4ccc(C)cc4C)CC3)nc2c1. The maximum absolute atomic E-state index is 12.7. The molecule has 0 bridgehead atoms. The van der Waals surface area contributed by atoms with Gasteiger partial charge >= 0.3 is 6.03 Å². The zero-order valence-electron chi connectivity index (χ0n) is 20.4. The summed E-state index contributed by atoms with van der Waals surface area (Å²) in [7, 11) is 0. The van der Waals surface area contributed by atoms with E-state index in [0.29, 0.717) is 55.3 Å². The molecule has 1 saturated heterocycles. The van der Waals surface area contributed by atoms with Gasteiger partial charge in [0.25, 0.3) is 5.91 Å². The van der Waals surface area contributed by atoms with Gasteiger partial charge in [-0.15, -0.1) is 0 Å². The first-order valence-electron chi connectivity index (χ1n) is 11.9. The largest absolute Gasteiger partial charge is 0.439 e. The number of piperazine rings is 1. The minimum atomic E-state index is -0.0705. The lowest BCUT2D eigenvalue weighted by molar-refractivity contribution is 0.0773. The van der Waals surface area contributed by atoms with E-state index in [4.69, 9.17) is 4.42 Å². The Morgan fingerprint density at radius 1 is 1.03 bits per heavy atom.